The van der Waals surface area contributed by atoms with Crippen LogP contribution in [0.4, 0.5) is 10.1 Å². The minimum absolute atomic E-state index is 0.122. The third kappa shape index (κ3) is 3.24. The SMILES string of the molecule is CC(Nc1ccc(Cl)cc1)c1cc(Br)ccc1F. The van der Waals surface area contributed by atoms with Crippen molar-refractivity contribution in [2.75, 3.05) is 5.32 Å². The molecule has 0 heterocycles. The lowest BCUT2D eigenvalue weighted by molar-refractivity contribution is 0.600. The second-order valence-corrected chi connectivity index (χ2v) is 5.39. The second kappa shape index (κ2) is 5.72. The second-order valence-electron chi connectivity index (χ2n) is 4.04. The molecule has 0 aliphatic heterocycles. The molecule has 0 aromatic heterocycles. The zero-order valence-corrected chi connectivity index (χ0v) is 12.1. The summed E-state index contributed by atoms with van der Waals surface area (Å²) < 4.78 is 14.6. The molecule has 94 valence electrons. The molecule has 1 nitrogen and oxygen atoms in total. The van der Waals surface area contributed by atoms with Crippen LogP contribution in [0.2, 0.25) is 5.02 Å². The Kier molecular flexibility index (Phi) is 4.25. The van der Waals surface area contributed by atoms with Crippen LogP contribution in [0.25, 0.3) is 0 Å². The van der Waals surface area contributed by atoms with Gasteiger partial charge in [0.1, 0.15) is 5.82 Å². The molecule has 1 N–H and O–H groups in total. The lowest BCUT2D eigenvalue weighted by Crippen LogP contribution is -2.08. The normalized spacial score (nSPS) is 12.2. The van der Waals surface area contributed by atoms with Crippen LogP contribution in [-0.4, -0.2) is 0 Å². The van der Waals surface area contributed by atoms with Crippen molar-refractivity contribution >= 4 is 33.2 Å². The van der Waals surface area contributed by atoms with Crippen molar-refractivity contribution < 1.29 is 4.39 Å². The lowest BCUT2D eigenvalue weighted by atomic mass is 10.1. The number of anilines is 1. The average molecular weight is 329 g/mol. The zero-order valence-electron chi connectivity index (χ0n) is 9.75. The van der Waals surface area contributed by atoms with Crippen LogP contribution in [0.1, 0.15) is 18.5 Å². The molecule has 4 heteroatoms. The molecule has 0 aliphatic rings. The average Bonchev–Trinajstić information content (AvgIpc) is 2.35. The summed E-state index contributed by atoms with van der Waals surface area (Å²) in [7, 11) is 0. The Labute approximate surface area is 119 Å². The summed E-state index contributed by atoms with van der Waals surface area (Å²) in [6.07, 6.45) is 0. The quantitative estimate of drug-likeness (QED) is 0.794. The van der Waals surface area contributed by atoms with Gasteiger partial charge >= 0.3 is 0 Å². The maximum atomic E-state index is 13.7. The van der Waals surface area contributed by atoms with Gasteiger partial charge in [-0.15, -0.1) is 0 Å². The summed E-state index contributed by atoms with van der Waals surface area (Å²) in [5.41, 5.74) is 1.53. The Morgan fingerprint density at radius 3 is 2.50 bits per heavy atom. The number of hydrogen-bond donors (Lipinski definition) is 1. The van der Waals surface area contributed by atoms with Crippen LogP contribution in [0, 0.1) is 5.82 Å². The molecular weight excluding hydrogens is 317 g/mol. The molecule has 2 aromatic carbocycles. The van der Waals surface area contributed by atoms with Gasteiger partial charge in [-0.2, -0.15) is 0 Å². The molecule has 0 radical (unpaired) electrons. The molecule has 2 aromatic rings. The molecule has 0 saturated carbocycles. The van der Waals surface area contributed by atoms with Gasteiger partial charge in [-0.1, -0.05) is 27.5 Å². The molecule has 0 spiro atoms. The van der Waals surface area contributed by atoms with E-state index < -0.39 is 0 Å². The predicted molar refractivity (Wildman–Crippen MR) is 77.6 cm³/mol. The van der Waals surface area contributed by atoms with Gasteiger partial charge in [0.05, 0.1) is 6.04 Å². The number of nitrogens with one attached hydrogen (secondary N) is 1. The van der Waals surface area contributed by atoms with E-state index in [1.807, 2.05) is 19.1 Å². The fourth-order valence-electron chi connectivity index (χ4n) is 1.72. The summed E-state index contributed by atoms with van der Waals surface area (Å²) in [4.78, 5) is 0. The predicted octanol–water partition coefficient (Wildman–Crippen LogP) is 5.41. The molecule has 2 rings (SSSR count). The summed E-state index contributed by atoms with van der Waals surface area (Å²) in [5, 5.41) is 3.92. The van der Waals surface area contributed by atoms with Gasteiger partial charge in [0.2, 0.25) is 0 Å². The number of hydrogen-bond acceptors (Lipinski definition) is 1. The Bertz CT molecular complexity index is 542. The van der Waals surface area contributed by atoms with Crippen molar-refractivity contribution in [1.82, 2.24) is 0 Å². The van der Waals surface area contributed by atoms with Crippen LogP contribution in [0.5, 0.6) is 0 Å². The van der Waals surface area contributed by atoms with E-state index in [4.69, 9.17) is 11.6 Å². The molecule has 0 amide bonds. The van der Waals surface area contributed by atoms with E-state index >= 15 is 0 Å². The molecule has 0 aliphatic carbocycles. The minimum atomic E-state index is -0.216. The van der Waals surface area contributed by atoms with E-state index in [0.29, 0.717) is 10.6 Å². The van der Waals surface area contributed by atoms with E-state index in [9.17, 15) is 4.39 Å². The monoisotopic (exact) mass is 327 g/mol. The molecule has 0 bridgehead atoms. The Balaban J connectivity index is 2.18. The van der Waals surface area contributed by atoms with E-state index in [1.54, 1.807) is 24.3 Å². The standard InChI is InChI=1S/C14H12BrClFN/c1-9(13-8-10(15)2-7-14(13)17)18-12-5-3-11(16)4-6-12/h2-9,18H,1H3. The third-order valence-corrected chi connectivity index (χ3v) is 3.40. The summed E-state index contributed by atoms with van der Waals surface area (Å²) >= 11 is 9.16. The number of halogens is 3. The number of benzene rings is 2. The summed E-state index contributed by atoms with van der Waals surface area (Å²) in [6.45, 7) is 1.92. The first-order chi connectivity index (χ1) is 8.56. The van der Waals surface area contributed by atoms with E-state index in [-0.39, 0.29) is 11.9 Å². The minimum Gasteiger partial charge on any atom is -0.378 e. The fraction of sp³-hybridized carbons (Fsp3) is 0.143. The van der Waals surface area contributed by atoms with Crippen molar-refractivity contribution in [2.45, 2.75) is 13.0 Å². The van der Waals surface area contributed by atoms with Crippen LogP contribution < -0.4 is 5.32 Å². The third-order valence-electron chi connectivity index (χ3n) is 2.65. The van der Waals surface area contributed by atoms with Crippen molar-refractivity contribution in [3.05, 3.63) is 63.3 Å². The van der Waals surface area contributed by atoms with Gasteiger partial charge in [-0.25, -0.2) is 4.39 Å². The Hall–Kier alpha value is -1.06. The van der Waals surface area contributed by atoms with Crippen molar-refractivity contribution in [3.63, 3.8) is 0 Å². The van der Waals surface area contributed by atoms with Gasteiger partial charge in [0.15, 0.2) is 0 Å². The van der Waals surface area contributed by atoms with Crippen LogP contribution in [0.3, 0.4) is 0 Å². The largest absolute Gasteiger partial charge is 0.378 e. The van der Waals surface area contributed by atoms with Gasteiger partial charge < -0.3 is 5.32 Å². The highest BCUT2D eigenvalue weighted by Gasteiger charge is 2.11. The van der Waals surface area contributed by atoms with Gasteiger partial charge in [-0.3, -0.25) is 0 Å². The van der Waals surface area contributed by atoms with Gasteiger partial charge in [0, 0.05) is 20.7 Å². The molecule has 1 unspecified atom stereocenters. The van der Waals surface area contributed by atoms with Crippen LogP contribution in [0.15, 0.2) is 46.9 Å². The van der Waals surface area contributed by atoms with Crippen LogP contribution >= 0.6 is 27.5 Å². The van der Waals surface area contributed by atoms with Crippen molar-refractivity contribution in [1.29, 1.82) is 0 Å². The first-order valence-electron chi connectivity index (χ1n) is 5.53. The highest BCUT2D eigenvalue weighted by Crippen LogP contribution is 2.25. The topological polar surface area (TPSA) is 12.0 Å². The molecule has 1 atom stereocenters. The smallest absolute Gasteiger partial charge is 0.128 e. The Morgan fingerprint density at radius 1 is 1.17 bits per heavy atom. The molecule has 18 heavy (non-hydrogen) atoms. The maximum Gasteiger partial charge on any atom is 0.128 e. The van der Waals surface area contributed by atoms with Crippen LogP contribution in [-0.2, 0) is 0 Å². The zero-order chi connectivity index (χ0) is 13.1. The molecule has 0 saturated heterocycles. The van der Waals surface area contributed by atoms with Gasteiger partial charge in [-0.05, 0) is 49.4 Å². The lowest BCUT2D eigenvalue weighted by Gasteiger charge is -2.16. The van der Waals surface area contributed by atoms with Gasteiger partial charge in [0.25, 0.3) is 0 Å². The first kappa shape index (κ1) is 13.4. The van der Waals surface area contributed by atoms with E-state index in [1.165, 1.54) is 6.07 Å². The Morgan fingerprint density at radius 2 is 1.83 bits per heavy atom. The molecular formula is C14H12BrClFN. The summed E-state index contributed by atoms with van der Waals surface area (Å²) in [6, 6.07) is 12.1. The highest BCUT2D eigenvalue weighted by atomic mass is 79.9. The first-order valence-corrected chi connectivity index (χ1v) is 6.70. The van der Waals surface area contributed by atoms with E-state index in [0.717, 1.165) is 10.2 Å². The highest BCUT2D eigenvalue weighted by molar-refractivity contribution is 9.10. The maximum absolute atomic E-state index is 13.7. The number of rotatable bonds is 3. The van der Waals surface area contributed by atoms with E-state index in [2.05, 4.69) is 21.2 Å². The summed E-state index contributed by atoms with van der Waals surface area (Å²) in [5.74, 6) is -0.216. The fourth-order valence-corrected chi connectivity index (χ4v) is 2.23. The van der Waals surface area contributed by atoms with Crippen molar-refractivity contribution in [2.24, 2.45) is 0 Å². The van der Waals surface area contributed by atoms with Crippen molar-refractivity contribution in [3.8, 4) is 0 Å². The molecule has 0 fully saturated rings.